The van der Waals surface area contributed by atoms with Gasteiger partial charge in [-0.3, -0.25) is 9.58 Å². The van der Waals surface area contributed by atoms with Crippen LogP contribution in [-0.2, 0) is 7.05 Å². The summed E-state index contributed by atoms with van der Waals surface area (Å²) in [6.07, 6.45) is 5.86. The standard InChI is InChI=1S/C12H21N5/c1-15-9-11(13)12(14-15)17-7-4-10(8-17)16-5-2-3-6-16/h9-10H,2-8,13H2,1H3. The number of nitrogens with two attached hydrogens (primary N) is 1. The van der Waals surface area contributed by atoms with Crippen molar-refractivity contribution in [2.75, 3.05) is 36.8 Å². The molecule has 3 rings (SSSR count). The Hall–Kier alpha value is -1.23. The number of rotatable bonds is 2. The maximum absolute atomic E-state index is 5.98. The van der Waals surface area contributed by atoms with E-state index in [-0.39, 0.29) is 0 Å². The van der Waals surface area contributed by atoms with Gasteiger partial charge in [-0.1, -0.05) is 0 Å². The number of hydrogen-bond acceptors (Lipinski definition) is 4. The zero-order valence-electron chi connectivity index (χ0n) is 10.5. The van der Waals surface area contributed by atoms with Crippen LogP contribution in [0.2, 0.25) is 0 Å². The largest absolute Gasteiger partial charge is 0.394 e. The lowest BCUT2D eigenvalue weighted by atomic mass is 10.2. The fraction of sp³-hybridized carbons (Fsp3) is 0.750. The van der Waals surface area contributed by atoms with Crippen molar-refractivity contribution in [3.8, 4) is 0 Å². The Bertz CT molecular complexity index is 394. The van der Waals surface area contributed by atoms with E-state index >= 15 is 0 Å². The van der Waals surface area contributed by atoms with Gasteiger partial charge in [0.25, 0.3) is 0 Å². The molecule has 2 aliphatic heterocycles. The molecule has 1 aromatic heterocycles. The van der Waals surface area contributed by atoms with Crippen LogP contribution >= 0.6 is 0 Å². The van der Waals surface area contributed by atoms with Crippen LogP contribution in [0.25, 0.3) is 0 Å². The fourth-order valence-electron chi connectivity index (χ4n) is 3.08. The third-order valence-corrected chi connectivity index (χ3v) is 3.96. The Balaban J connectivity index is 1.69. The first kappa shape index (κ1) is 10.9. The highest BCUT2D eigenvalue weighted by Crippen LogP contribution is 2.27. The van der Waals surface area contributed by atoms with E-state index < -0.39 is 0 Å². The monoisotopic (exact) mass is 235 g/mol. The van der Waals surface area contributed by atoms with E-state index in [0.717, 1.165) is 24.6 Å². The van der Waals surface area contributed by atoms with Crippen LogP contribution < -0.4 is 10.6 Å². The van der Waals surface area contributed by atoms with Crippen LogP contribution in [0.4, 0.5) is 11.5 Å². The van der Waals surface area contributed by atoms with Gasteiger partial charge in [-0.2, -0.15) is 5.10 Å². The summed E-state index contributed by atoms with van der Waals surface area (Å²) < 4.78 is 1.80. The molecule has 0 amide bonds. The number of nitrogen functional groups attached to an aromatic ring is 1. The molecule has 2 fully saturated rings. The summed E-state index contributed by atoms with van der Waals surface area (Å²) in [6.45, 7) is 4.72. The molecule has 5 heteroatoms. The molecule has 1 unspecified atom stereocenters. The molecular formula is C12H21N5. The van der Waals surface area contributed by atoms with Gasteiger partial charge in [0.2, 0.25) is 0 Å². The molecule has 0 spiro atoms. The van der Waals surface area contributed by atoms with Gasteiger partial charge in [-0.25, -0.2) is 0 Å². The molecular weight excluding hydrogens is 214 g/mol. The van der Waals surface area contributed by atoms with Crippen molar-refractivity contribution in [3.63, 3.8) is 0 Å². The highest BCUT2D eigenvalue weighted by atomic mass is 15.4. The van der Waals surface area contributed by atoms with Gasteiger partial charge in [-0.15, -0.1) is 0 Å². The number of nitrogens with zero attached hydrogens (tertiary/aromatic N) is 4. The molecule has 0 radical (unpaired) electrons. The predicted octanol–water partition coefficient (Wildman–Crippen LogP) is 0.677. The van der Waals surface area contributed by atoms with Gasteiger partial charge in [-0.05, 0) is 32.4 Å². The molecule has 1 aromatic rings. The number of aryl methyl sites for hydroxylation is 1. The second kappa shape index (κ2) is 4.22. The van der Waals surface area contributed by atoms with Gasteiger partial charge < -0.3 is 10.6 Å². The van der Waals surface area contributed by atoms with Crippen molar-refractivity contribution in [3.05, 3.63) is 6.20 Å². The van der Waals surface area contributed by atoms with Crippen molar-refractivity contribution < 1.29 is 0 Å². The second-order valence-corrected chi connectivity index (χ2v) is 5.21. The molecule has 3 heterocycles. The molecule has 0 aromatic carbocycles. The summed E-state index contributed by atoms with van der Waals surface area (Å²) in [4.78, 5) is 4.96. The zero-order chi connectivity index (χ0) is 11.8. The normalized spacial score (nSPS) is 25.9. The lowest BCUT2D eigenvalue weighted by Crippen LogP contribution is -2.35. The lowest BCUT2D eigenvalue weighted by molar-refractivity contribution is 0.260. The predicted molar refractivity (Wildman–Crippen MR) is 69.0 cm³/mol. The minimum atomic E-state index is 0.707. The van der Waals surface area contributed by atoms with Crippen LogP contribution in [0.3, 0.4) is 0 Å². The van der Waals surface area contributed by atoms with Crippen molar-refractivity contribution >= 4 is 11.5 Å². The SMILES string of the molecule is Cn1cc(N)c(N2CCC(N3CCCC3)C2)n1. The van der Waals surface area contributed by atoms with Crippen LogP contribution in [0, 0.1) is 0 Å². The van der Waals surface area contributed by atoms with Gasteiger partial charge in [0.1, 0.15) is 0 Å². The quantitative estimate of drug-likeness (QED) is 0.819. The van der Waals surface area contributed by atoms with E-state index in [2.05, 4.69) is 14.9 Å². The Labute approximate surface area is 102 Å². The van der Waals surface area contributed by atoms with Gasteiger partial charge in [0.05, 0.1) is 5.69 Å². The van der Waals surface area contributed by atoms with Gasteiger partial charge in [0, 0.05) is 32.4 Å². The summed E-state index contributed by atoms with van der Waals surface area (Å²) in [7, 11) is 1.92. The summed E-state index contributed by atoms with van der Waals surface area (Å²) in [6, 6.07) is 0.707. The van der Waals surface area contributed by atoms with E-state index in [0.29, 0.717) is 6.04 Å². The first-order chi connectivity index (χ1) is 8.24. The van der Waals surface area contributed by atoms with Crippen molar-refractivity contribution in [2.24, 2.45) is 7.05 Å². The average Bonchev–Trinajstić information content (AvgIpc) is 2.97. The number of likely N-dealkylation sites (tertiary alicyclic amines) is 1. The maximum atomic E-state index is 5.98. The molecule has 2 N–H and O–H groups in total. The van der Waals surface area contributed by atoms with E-state index in [1.807, 2.05) is 13.2 Å². The van der Waals surface area contributed by atoms with E-state index in [4.69, 9.17) is 5.73 Å². The van der Waals surface area contributed by atoms with Gasteiger partial charge in [0.15, 0.2) is 5.82 Å². The second-order valence-electron chi connectivity index (χ2n) is 5.21. The number of anilines is 2. The zero-order valence-corrected chi connectivity index (χ0v) is 10.5. The Kier molecular flexibility index (Phi) is 2.70. The highest BCUT2D eigenvalue weighted by Gasteiger charge is 2.30. The minimum Gasteiger partial charge on any atom is -0.394 e. The smallest absolute Gasteiger partial charge is 0.173 e. The van der Waals surface area contributed by atoms with E-state index in [1.54, 1.807) is 4.68 Å². The van der Waals surface area contributed by atoms with Crippen LogP contribution in [0.5, 0.6) is 0 Å². The van der Waals surface area contributed by atoms with Crippen LogP contribution in [0.1, 0.15) is 19.3 Å². The van der Waals surface area contributed by atoms with Crippen molar-refractivity contribution in [2.45, 2.75) is 25.3 Å². The molecule has 17 heavy (non-hydrogen) atoms. The summed E-state index contributed by atoms with van der Waals surface area (Å²) >= 11 is 0. The topological polar surface area (TPSA) is 50.3 Å². The molecule has 2 saturated heterocycles. The first-order valence-corrected chi connectivity index (χ1v) is 6.52. The van der Waals surface area contributed by atoms with Crippen molar-refractivity contribution in [1.82, 2.24) is 14.7 Å². The molecule has 94 valence electrons. The summed E-state index contributed by atoms with van der Waals surface area (Å²) in [5.74, 6) is 0.967. The van der Waals surface area contributed by atoms with Gasteiger partial charge >= 0.3 is 0 Å². The Morgan fingerprint density at radius 3 is 2.71 bits per heavy atom. The Morgan fingerprint density at radius 2 is 2.06 bits per heavy atom. The summed E-state index contributed by atoms with van der Waals surface area (Å²) in [5.41, 5.74) is 6.78. The minimum absolute atomic E-state index is 0.707. The summed E-state index contributed by atoms with van der Waals surface area (Å²) in [5, 5.41) is 4.45. The molecule has 2 aliphatic rings. The third-order valence-electron chi connectivity index (χ3n) is 3.96. The first-order valence-electron chi connectivity index (χ1n) is 6.52. The Morgan fingerprint density at radius 1 is 1.29 bits per heavy atom. The third kappa shape index (κ3) is 1.99. The maximum Gasteiger partial charge on any atom is 0.173 e. The average molecular weight is 235 g/mol. The van der Waals surface area contributed by atoms with E-state index in [9.17, 15) is 0 Å². The van der Waals surface area contributed by atoms with Crippen LogP contribution in [0.15, 0.2) is 6.20 Å². The number of aromatic nitrogens is 2. The molecule has 0 saturated carbocycles. The molecule has 0 bridgehead atoms. The molecule has 0 aliphatic carbocycles. The molecule has 5 nitrogen and oxygen atoms in total. The number of hydrogen-bond donors (Lipinski definition) is 1. The van der Waals surface area contributed by atoms with E-state index in [1.165, 1.54) is 32.4 Å². The van der Waals surface area contributed by atoms with Crippen molar-refractivity contribution in [1.29, 1.82) is 0 Å². The lowest BCUT2D eigenvalue weighted by Gasteiger charge is -2.23. The molecule has 1 atom stereocenters. The fourth-order valence-corrected chi connectivity index (χ4v) is 3.08. The van der Waals surface area contributed by atoms with Crippen LogP contribution in [-0.4, -0.2) is 46.9 Å². The highest BCUT2D eigenvalue weighted by molar-refractivity contribution is 5.62.